The minimum Gasteiger partial charge on any atom is -0.450 e. The molecule has 1 N–H and O–H groups in total. The van der Waals surface area contributed by atoms with Crippen LogP contribution < -0.4 is 5.32 Å². The molecule has 1 aromatic rings. The number of hydrogen-bond donors (Lipinski definition) is 1. The molecule has 0 bridgehead atoms. The molecule has 1 aromatic carbocycles. The summed E-state index contributed by atoms with van der Waals surface area (Å²) in [5, 5.41) is 1.58. The summed E-state index contributed by atoms with van der Waals surface area (Å²) in [6.45, 7) is -0.384. The van der Waals surface area contributed by atoms with Gasteiger partial charge in [-0.25, -0.2) is 4.79 Å². The number of alkyl carbamates (subject to hydrolysis) is 1. The van der Waals surface area contributed by atoms with Gasteiger partial charge in [-0.05, 0) is 24.6 Å². The van der Waals surface area contributed by atoms with E-state index in [0.29, 0.717) is 0 Å². The fraction of sp³-hybridized carbons (Fsp3) is 0.462. The first-order chi connectivity index (χ1) is 11.2. The summed E-state index contributed by atoms with van der Waals surface area (Å²) in [5.41, 5.74) is -8.48. The molecule has 0 atom stereocenters. The van der Waals surface area contributed by atoms with Crippen molar-refractivity contribution in [2.75, 3.05) is 6.61 Å². The minimum absolute atomic E-state index is 0.111. The molecule has 0 aliphatic carbocycles. The molecule has 0 saturated carbocycles. The lowest BCUT2D eigenvalue weighted by atomic mass is 9.94. The van der Waals surface area contributed by atoms with E-state index in [-0.39, 0.29) is 18.7 Å². The average Bonchev–Trinajstić information content (AvgIpc) is 2.41. The second-order valence-electron chi connectivity index (χ2n) is 4.58. The number of halogens is 9. The molecule has 0 heterocycles. The smallest absolute Gasteiger partial charge is 0.417 e. The maximum atomic E-state index is 13.1. The normalized spacial score (nSPS) is 12.9. The van der Waals surface area contributed by atoms with Gasteiger partial charge in [0.1, 0.15) is 0 Å². The molecule has 12 heteroatoms. The molecule has 0 saturated heterocycles. The van der Waals surface area contributed by atoms with Crippen LogP contribution in [0.3, 0.4) is 0 Å². The zero-order valence-electron chi connectivity index (χ0n) is 12.3. The molecule has 0 aliphatic rings. The van der Waals surface area contributed by atoms with Gasteiger partial charge >= 0.3 is 24.6 Å². The van der Waals surface area contributed by atoms with Gasteiger partial charge < -0.3 is 10.1 Å². The summed E-state index contributed by atoms with van der Waals surface area (Å²) < 4.78 is 121. The van der Waals surface area contributed by atoms with Crippen LogP contribution in [-0.4, -0.2) is 12.7 Å². The highest BCUT2D eigenvalue weighted by Gasteiger charge is 2.48. The van der Waals surface area contributed by atoms with Crippen molar-refractivity contribution in [1.29, 1.82) is 0 Å². The molecular weight excluding hydrogens is 373 g/mol. The zero-order valence-corrected chi connectivity index (χ0v) is 12.3. The number of rotatable bonds is 3. The van der Waals surface area contributed by atoms with Crippen molar-refractivity contribution >= 4 is 6.09 Å². The average molecular weight is 383 g/mol. The van der Waals surface area contributed by atoms with E-state index in [4.69, 9.17) is 0 Å². The van der Waals surface area contributed by atoms with Gasteiger partial charge in [-0.3, -0.25) is 0 Å². The van der Waals surface area contributed by atoms with E-state index >= 15 is 0 Å². The topological polar surface area (TPSA) is 38.3 Å². The van der Waals surface area contributed by atoms with Crippen molar-refractivity contribution in [2.24, 2.45) is 0 Å². The van der Waals surface area contributed by atoms with Crippen molar-refractivity contribution < 1.29 is 49.0 Å². The maximum absolute atomic E-state index is 13.1. The monoisotopic (exact) mass is 383 g/mol. The van der Waals surface area contributed by atoms with Gasteiger partial charge in [0.2, 0.25) is 0 Å². The van der Waals surface area contributed by atoms with Gasteiger partial charge in [0.15, 0.2) is 0 Å². The van der Waals surface area contributed by atoms with Gasteiger partial charge in [-0.15, -0.1) is 0 Å². The van der Waals surface area contributed by atoms with Gasteiger partial charge in [0.05, 0.1) is 23.3 Å². The number of carbonyl (C=O) groups excluding carboxylic acids is 1. The van der Waals surface area contributed by atoms with E-state index in [1.165, 1.54) is 6.92 Å². The van der Waals surface area contributed by atoms with Gasteiger partial charge in [-0.1, -0.05) is 0 Å². The standard InChI is InChI=1S/C13H10F9NO2/c1-2-25-10(24)23-5-6-7(11(14,15)16)3-4-8(12(17,18)19)9(6)13(20,21)22/h3-4H,2,5H2,1H3,(H,23,24). The third-order valence-electron chi connectivity index (χ3n) is 2.89. The van der Waals surface area contributed by atoms with Crippen LogP contribution in [0, 0.1) is 0 Å². The van der Waals surface area contributed by atoms with Gasteiger partial charge in [0, 0.05) is 6.54 Å². The molecular formula is C13H10F9NO2. The summed E-state index contributed by atoms with van der Waals surface area (Å²) in [4.78, 5) is 11.1. The fourth-order valence-electron chi connectivity index (χ4n) is 2.00. The van der Waals surface area contributed by atoms with Crippen LogP contribution in [0.15, 0.2) is 12.1 Å². The second kappa shape index (κ2) is 7.00. The van der Waals surface area contributed by atoms with Crippen molar-refractivity contribution in [2.45, 2.75) is 32.0 Å². The quantitative estimate of drug-likeness (QED) is 0.747. The predicted molar refractivity (Wildman–Crippen MR) is 65.3 cm³/mol. The molecule has 1 rings (SSSR count). The van der Waals surface area contributed by atoms with Crippen LogP contribution in [-0.2, 0) is 29.8 Å². The molecule has 25 heavy (non-hydrogen) atoms. The predicted octanol–water partition coefficient (Wildman–Crippen LogP) is 4.99. The Balaban J connectivity index is 3.62. The Labute approximate surface area is 134 Å². The molecule has 0 spiro atoms. The summed E-state index contributed by atoms with van der Waals surface area (Å²) in [7, 11) is 0. The van der Waals surface area contributed by atoms with Crippen LogP contribution in [0.25, 0.3) is 0 Å². The van der Waals surface area contributed by atoms with E-state index in [1.807, 2.05) is 0 Å². The molecule has 0 aliphatic heterocycles. The SMILES string of the molecule is CCOC(=O)NCc1c(C(F)(F)F)ccc(C(F)(F)F)c1C(F)(F)F. The van der Waals surface area contributed by atoms with Crippen LogP contribution in [0.5, 0.6) is 0 Å². The number of alkyl halides is 9. The van der Waals surface area contributed by atoms with Gasteiger partial charge in [-0.2, -0.15) is 39.5 Å². The minimum atomic E-state index is -5.74. The number of benzene rings is 1. The molecule has 142 valence electrons. The largest absolute Gasteiger partial charge is 0.450 e. The third-order valence-corrected chi connectivity index (χ3v) is 2.89. The lowest BCUT2D eigenvalue weighted by Crippen LogP contribution is -2.29. The Kier molecular flexibility index (Phi) is 5.85. The van der Waals surface area contributed by atoms with E-state index in [9.17, 15) is 44.3 Å². The number of hydrogen-bond acceptors (Lipinski definition) is 2. The third kappa shape index (κ3) is 5.16. The molecule has 0 unspecified atom stereocenters. The van der Waals surface area contributed by atoms with E-state index in [1.54, 1.807) is 5.32 Å². The summed E-state index contributed by atoms with van der Waals surface area (Å²) in [5.74, 6) is 0. The Morgan fingerprint density at radius 2 is 1.40 bits per heavy atom. The number of nitrogens with one attached hydrogen (secondary N) is 1. The van der Waals surface area contributed by atoms with Crippen molar-refractivity contribution in [3.8, 4) is 0 Å². The Morgan fingerprint density at radius 3 is 1.80 bits per heavy atom. The number of amides is 1. The molecule has 1 amide bonds. The van der Waals surface area contributed by atoms with Crippen molar-refractivity contribution in [3.05, 3.63) is 34.4 Å². The van der Waals surface area contributed by atoms with Crippen LogP contribution in [0.1, 0.15) is 29.2 Å². The lowest BCUT2D eigenvalue weighted by molar-refractivity contribution is -0.164. The number of ether oxygens (including phenoxy) is 1. The second-order valence-corrected chi connectivity index (χ2v) is 4.58. The van der Waals surface area contributed by atoms with Gasteiger partial charge in [0.25, 0.3) is 0 Å². The van der Waals surface area contributed by atoms with Crippen LogP contribution >= 0.6 is 0 Å². The highest BCUT2D eigenvalue weighted by atomic mass is 19.4. The molecule has 0 aromatic heterocycles. The van der Waals surface area contributed by atoms with Crippen molar-refractivity contribution in [1.82, 2.24) is 5.32 Å². The lowest BCUT2D eigenvalue weighted by Gasteiger charge is -2.23. The number of carbonyl (C=O) groups is 1. The highest BCUT2D eigenvalue weighted by Crippen LogP contribution is 2.45. The first kappa shape index (κ1) is 20.9. The first-order valence-corrected chi connectivity index (χ1v) is 6.47. The van der Waals surface area contributed by atoms with Crippen molar-refractivity contribution in [3.63, 3.8) is 0 Å². The van der Waals surface area contributed by atoms with E-state index in [0.717, 1.165) is 0 Å². The summed E-state index contributed by atoms with van der Waals surface area (Å²) in [6.07, 6.45) is -18.0. The van der Waals surface area contributed by atoms with E-state index in [2.05, 4.69) is 4.74 Å². The maximum Gasteiger partial charge on any atom is 0.417 e. The Bertz CT molecular complexity index is 632. The molecule has 0 fully saturated rings. The zero-order chi connectivity index (χ0) is 19.6. The summed E-state index contributed by atoms with van der Waals surface area (Å²) in [6, 6.07) is -0.403. The van der Waals surface area contributed by atoms with E-state index < -0.39 is 53.4 Å². The fourth-order valence-corrected chi connectivity index (χ4v) is 2.00. The first-order valence-electron chi connectivity index (χ1n) is 6.47. The molecule has 0 radical (unpaired) electrons. The summed E-state index contributed by atoms with van der Waals surface area (Å²) >= 11 is 0. The Hall–Kier alpha value is -2.14. The van der Waals surface area contributed by atoms with Crippen LogP contribution in [0.4, 0.5) is 44.3 Å². The Morgan fingerprint density at radius 1 is 0.920 bits per heavy atom. The highest BCUT2D eigenvalue weighted by molar-refractivity contribution is 5.67. The molecule has 3 nitrogen and oxygen atoms in total. The van der Waals surface area contributed by atoms with Crippen LogP contribution in [0.2, 0.25) is 0 Å².